The lowest BCUT2D eigenvalue weighted by atomic mass is 9.96. The summed E-state index contributed by atoms with van der Waals surface area (Å²) in [6.07, 6.45) is 2.54. The van der Waals surface area contributed by atoms with Crippen LogP contribution in [0.4, 0.5) is 10.5 Å². The van der Waals surface area contributed by atoms with E-state index in [2.05, 4.69) is 10.6 Å². The van der Waals surface area contributed by atoms with Gasteiger partial charge in [-0.2, -0.15) is 0 Å². The van der Waals surface area contributed by atoms with Crippen LogP contribution in [0.15, 0.2) is 24.3 Å². The average Bonchev–Trinajstić information content (AvgIpc) is 2.88. The summed E-state index contributed by atoms with van der Waals surface area (Å²) < 4.78 is 5.32. The third-order valence-corrected chi connectivity index (χ3v) is 4.03. The normalized spacial score (nSPS) is 16.7. The standard InChI is InChI=1S/C18H26N2O3/c1-13-9-5-6-10-14(13)19-15(21)18(11-7-8-12-18)20-16(22)23-17(2,3)4/h5-6,9-10H,7-8,11-12H2,1-4H3,(H,19,21)(H,20,22). The van der Waals surface area contributed by atoms with E-state index in [0.29, 0.717) is 12.8 Å². The van der Waals surface area contributed by atoms with Gasteiger partial charge in [-0.25, -0.2) is 4.79 Å². The Bertz CT molecular complexity index is 584. The van der Waals surface area contributed by atoms with Gasteiger partial charge in [-0.15, -0.1) is 0 Å². The van der Waals surface area contributed by atoms with E-state index in [9.17, 15) is 9.59 Å². The molecule has 0 unspecified atom stereocenters. The first-order valence-electron chi connectivity index (χ1n) is 8.10. The molecule has 0 bridgehead atoms. The number of rotatable bonds is 3. The molecule has 1 fully saturated rings. The number of benzene rings is 1. The molecule has 1 aromatic carbocycles. The highest BCUT2D eigenvalue weighted by molar-refractivity contribution is 6.00. The lowest BCUT2D eigenvalue weighted by Gasteiger charge is -2.30. The maximum atomic E-state index is 12.8. The molecule has 126 valence electrons. The summed E-state index contributed by atoms with van der Waals surface area (Å²) in [4.78, 5) is 24.9. The van der Waals surface area contributed by atoms with Crippen LogP contribution in [0, 0.1) is 6.92 Å². The molecule has 1 aliphatic rings. The summed E-state index contributed by atoms with van der Waals surface area (Å²) in [5.41, 5.74) is 0.294. The molecule has 0 spiro atoms. The maximum Gasteiger partial charge on any atom is 0.408 e. The number of aryl methyl sites for hydroxylation is 1. The Hall–Kier alpha value is -2.04. The van der Waals surface area contributed by atoms with Gasteiger partial charge in [0.05, 0.1) is 0 Å². The van der Waals surface area contributed by atoms with E-state index in [1.54, 1.807) is 20.8 Å². The number of para-hydroxylation sites is 1. The molecule has 0 aliphatic heterocycles. The van der Waals surface area contributed by atoms with Crippen LogP contribution in [0.3, 0.4) is 0 Å². The molecule has 0 aromatic heterocycles. The number of anilines is 1. The Balaban J connectivity index is 2.12. The summed E-state index contributed by atoms with van der Waals surface area (Å²) in [5.74, 6) is -0.171. The van der Waals surface area contributed by atoms with E-state index in [1.165, 1.54) is 0 Å². The molecule has 5 heteroatoms. The topological polar surface area (TPSA) is 67.4 Å². The quantitative estimate of drug-likeness (QED) is 0.891. The molecule has 2 rings (SSSR count). The third kappa shape index (κ3) is 4.47. The van der Waals surface area contributed by atoms with Crippen molar-refractivity contribution in [2.24, 2.45) is 0 Å². The molecule has 1 aliphatic carbocycles. The van der Waals surface area contributed by atoms with Crippen LogP contribution < -0.4 is 10.6 Å². The van der Waals surface area contributed by atoms with Gasteiger partial charge in [0.2, 0.25) is 5.91 Å². The molecular formula is C18H26N2O3. The smallest absolute Gasteiger partial charge is 0.408 e. The first-order chi connectivity index (χ1) is 10.7. The van der Waals surface area contributed by atoms with Crippen molar-refractivity contribution in [3.63, 3.8) is 0 Å². The highest BCUT2D eigenvalue weighted by Gasteiger charge is 2.43. The van der Waals surface area contributed by atoms with Gasteiger partial charge in [0.1, 0.15) is 11.1 Å². The predicted octanol–water partition coefficient (Wildman–Crippen LogP) is 3.77. The zero-order chi connectivity index (χ0) is 17.1. The van der Waals surface area contributed by atoms with Crippen LogP contribution in [0.1, 0.15) is 52.0 Å². The van der Waals surface area contributed by atoms with E-state index in [4.69, 9.17) is 4.74 Å². The molecule has 0 atom stereocenters. The molecule has 0 radical (unpaired) electrons. The fourth-order valence-electron chi connectivity index (χ4n) is 2.84. The number of carbonyl (C=O) groups is 2. The number of ether oxygens (including phenoxy) is 1. The summed E-state index contributed by atoms with van der Waals surface area (Å²) in [6.45, 7) is 7.36. The SMILES string of the molecule is Cc1ccccc1NC(=O)C1(NC(=O)OC(C)(C)C)CCCC1. The van der Waals surface area contributed by atoms with E-state index in [-0.39, 0.29) is 5.91 Å². The number of hydrogen-bond donors (Lipinski definition) is 2. The van der Waals surface area contributed by atoms with E-state index in [0.717, 1.165) is 24.1 Å². The van der Waals surface area contributed by atoms with Gasteiger partial charge >= 0.3 is 6.09 Å². The van der Waals surface area contributed by atoms with Crippen molar-refractivity contribution >= 4 is 17.7 Å². The van der Waals surface area contributed by atoms with Gasteiger partial charge in [0.25, 0.3) is 0 Å². The van der Waals surface area contributed by atoms with Crippen LogP contribution in [0.25, 0.3) is 0 Å². The highest BCUT2D eigenvalue weighted by atomic mass is 16.6. The first kappa shape index (κ1) is 17.3. The number of nitrogens with one attached hydrogen (secondary N) is 2. The van der Waals surface area contributed by atoms with Crippen LogP contribution >= 0.6 is 0 Å². The average molecular weight is 318 g/mol. The minimum atomic E-state index is -0.884. The first-order valence-corrected chi connectivity index (χ1v) is 8.10. The van der Waals surface area contributed by atoms with Crippen molar-refractivity contribution in [3.8, 4) is 0 Å². The maximum absolute atomic E-state index is 12.8. The zero-order valence-electron chi connectivity index (χ0n) is 14.4. The van der Waals surface area contributed by atoms with Gasteiger partial charge in [-0.1, -0.05) is 31.0 Å². The Labute approximate surface area is 137 Å². The van der Waals surface area contributed by atoms with Crippen molar-refractivity contribution in [1.82, 2.24) is 5.32 Å². The van der Waals surface area contributed by atoms with E-state index >= 15 is 0 Å². The van der Waals surface area contributed by atoms with Crippen molar-refractivity contribution < 1.29 is 14.3 Å². The lowest BCUT2D eigenvalue weighted by Crippen LogP contribution is -2.56. The van der Waals surface area contributed by atoms with Crippen molar-refractivity contribution in [3.05, 3.63) is 29.8 Å². The fraction of sp³-hybridized carbons (Fsp3) is 0.556. The largest absolute Gasteiger partial charge is 0.444 e. The van der Waals surface area contributed by atoms with E-state index < -0.39 is 17.2 Å². The van der Waals surface area contributed by atoms with Crippen LogP contribution in [0.2, 0.25) is 0 Å². The second-order valence-corrected chi connectivity index (χ2v) is 7.19. The highest BCUT2D eigenvalue weighted by Crippen LogP contribution is 2.31. The van der Waals surface area contributed by atoms with E-state index in [1.807, 2.05) is 31.2 Å². The number of hydrogen-bond acceptors (Lipinski definition) is 3. The van der Waals surface area contributed by atoms with Crippen molar-refractivity contribution in [2.75, 3.05) is 5.32 Å². The van der Waals surface area contributed by atoms with Gasteiger partial charge in [0.15, 0.2) is 0 Å². The second kappa shape index (κ2) is 6.60. The Morgan fingerprint density at radius 1 is 1.13 bits per heavy atom. The number of amides is 2. The molecule has 2 amide bonds. The fourth-order valence-corrected chi connectivity index (χ4v) is 2.84. The molecule has 23 heavy (non-hydrogen) atoms. The van der Waals surface area contributed by atoms with Gasteiger partial charge in [0, 0.05) is 5.69 Å². The lowest BCUT2D eigenvalue weighted by molar-refractivity contribution is -0.122. The van der Waals surface area contributed by atoms with Crippen LogP contribution in [-0.2, 0) is 9.53 Å². The molecule has 2 N–H and O–H groups in total. The Kier molecular flexibility index (Phi) is 4.97. The third-order valence-electron chi connectivity index (χ3n) is 4.03. The predicted molar refractivity (Wildman–Crippen MR) is 90.4 cm³/mol. The van der Waals surface area contributed by atoms with Gasteiger partial charge in [-0.3, -0.25) is 4.79 Å². The Morgan fingerprint density at radius 2 is 1.74 bits per heavy atom. The minimum Gasteiger partial charge on any atom is -0.444 e. The van der Waals surface area contributed by atoms with Crippen LogP contribution in [-0.4, -0.2) is 23.1 Å². The molecular weight excluding hydrogens is 292 g/mol. The summed E-state index contributed by atoms with van der Waals surface area (Å²) in [5, 5.41) is 5.77. The molecule has 0 saturated heterocycles. The minimum absolute atomic E-state index is 0.171. The molecule has 0 heterocycles. The number of alkyl carbamates (subject to hydrolysis) is 1. The Morgan fingerprint density at radius 3 is 2.30 bits per heavy atom. The van der Waals surface area contributed by atoms with Crippen molar-refractivity contribution in [2.45, 2.75) is 64.5 Å². The number of carbonyl (C=O) groups excluding carboxylic acids is 2. The second-order valence-electron chi connectivity index (χ2n) is 7.19. The van der Waals surface area contributed by atoms with Crippen molar-refractivity contribution in [1.29, 1.82) is 0 Å². The summed E-state index contributed by atoms with van der Waals surface area (Å²) in [7, 11) is 0. The van der Waals surface area contributed by atoms with Crippen LogP contribution in [0.5, 0.6) is 0 Å². The monoisotopic (exact) mass is 318 g/mol. The summed E-state index contributed by atoms with van der Waals surface area (Å²) >= 11 is 0. The zero-order valence-corrected chi connectivity index (χ0v) is 14.4. The van der Waals surface area contributed by atoms with Gasteiger partial charge in [-0.05, 0) is 52.2 Å². The molecule has 1 aromatic rings. The summed E-state index contributed by atoms with van der Waals surface area (Å²) in [6, 6.07) is 7.61. The molecule has 5 nitrogen and oxygen atoms in total. The molecule has 1 saturated carbocycles. The van der Waals surface area contributed by atoms with Gasteiger partial charge < -0.3 is 15.4 Å².